The monoisotopic (exact) mass is 311 g/mol. The highest BCUT2D eigenvalue weighted by Crippen LogP contribution is 2.22. The van der Waals surface area contributed by atoms with E-state index in [1.807, 2.05) is 12.1 Å². The van der Waals surface area contributed by atoms with E-state index >= 15 is 0 Å². The van der Waals surface area contributed by atoms with Gasteiger partial charge in [0, 0.05) is 12.6 Å². The largest absolute Gasteiger partial charge is 0.348 e. The lowest BCUT2D eigenvalue weighted by atomic mass is 9.87. The molecule has 120 valence electrons. The Balaban J connectivity index is 1.89. The minimum Gasteiger partial charge on any atom is -0.348 e. The molecule has 0 radical (unpaired) electrons. The summed E-state index contributed by atoms with van der Waals surface area (Å²) < 4.78 is 12.8. The summed E-state index contributed by atoms with van der Waals surface area (Å²) in [6.45, 7) is 6.88. The van der Waals surface area contributed by atoms with E-state index in [1.165, 1.54) is 23.8 Å². The Morgan fingerprint density at radius 3 is 2.22 bits per heavy atom. The number of nitrogens with one attached hydrogen (secondary N) is 1. The molecule has 0 fully saturated rings. The lowest BCUT2D eigenvalue weighted by Crippen LogP contribution is -2.20. The van der Waals surface area contributed by atoms with Gasteiger partial charge < -0.3 is 5.32 Å². The lowest BCUT2D eigenvalue weighted by molar-refractivity contribution is -0.116. The molecule has 2 nitrogen and oxygen atoms in total. The first-order valence-electron chi connectivity index (χ1n) is 7.65. The zero-order chi connectivity index (χ0) is 16.9. The summed E-state index contributed by atoms with van der Waals surface area (Å²) in [6.07, 6.45) is 3.29. The zero-order valence-corrected chi connectivity index (χ0v) is 13.8. The molecule has 0 bridgehead atoms. The molecule has 3 heteroatoms. The summed E-state index contributed by atoms with van der Waals surface area (Å²) in [4.78, 5) is 11.8. The predicted molar refractivity (Wildman–Crippen MR) is 92.4 cm³/mol. The van der Waals surface area contributed by atoms with Crippen molar-refractivity contribution in [3.8, 4) is 0 Å². The highest BCUT2D eigenvalue weighted by molar-refractivity contribution is 5.91. The molecule has 2 rings (SSSR count). The van der Waals surface area contributed by atoms with Gasteiger partial charge >= 0.3 is 0 Å². The Kier molecular flexibility index (Phi) is 5.32. The predicted octanol–water partition coefficient (Wildman–Crippen LogP) is 4.45. The van der Waals surface area contributed by atoms with Gasteiger partial charge in [0.1, 0.15) is 5.82 Å². The maximum Gasteiger partial charge on any atom is 0.244 e. The van der Waals surface area contributed by atoms with Gasteiger partial charge in [-0.2, -0.15) is 0 Å². The molecule has 0 aromatic heterocycles. The molecule has 1 N–H and O–H groups in total. The Hall–Kier alpha value is -2.42. The molecule has 0 saturated carbocycles. The third kappa shape index (κ3) is 5.37. The number of hydrogen-bond donors (Lipinski definition) is 1. The van der Waals surface area contributed by atoms with Crippen LogP contribution >= 0.6 is 0 Å². The fourth-order valence-electron chi connectivity index (χ4n) is 2.12. The van der Waals surface area contributed by atoms with Crippen LogP contribution in [0.3, 0.4) is 0 Å². The molecule has 2 aromatic carbocycles. The standard InChI is InChI=1S/C20H22FNO/c1-20(2,3)17-9-4-15(5-10-17)8-13-19(23)22-14-16-6-11-18(21)12-7-16/h4-13H,14H2,1-3H3,(H,22,23). The van der Waals surface area contributed by atoms with E-state index in [-0.39, 0.29) is 17.1 Å². The van der Waals surface area contributed by atoms with Crippen LogP contribution < -0.4 is 5.32 Å². The summed E-state index contributed by atoms with van der Waals surface area (Å²) in [5.41, 5.74) is 3.22. The topological polar surface area (TPSA) is 29.1 Å². The summed E-state index contributed by atoms with van der Waals surface area (Å²) >= 11 is 0. The quantitative estimate of drug-likeness (QED) is 0.830. The van der Waals surface area contributed by atoms with Crippen molar-refractivity contribution in [2.75, 3.05) is 0 Å². The third-order valence-corrected chi connectivity index (χ3v) is 3.58. The van der Waals surface area contributed by atoms with Gasteiger partial charge in [0.2, 0.25) is 5.91 Å². The molecule has 0 spiro atoms. The van der Waals surface area contributed by atoms with Crippen LogP contribution in [0.4, 0.5) is 4.39 Å². The van der Waals surface area contributed by atoms with Crippen molar-refractivity contribution in [2.24, 2.45) is 0 Å². The van der Waals surface area contributed by atoms with E-state index in [4.69, 9.17) is 0 Å². The van der Waals surface area contributed by atoms with Gasteiger partial charge in [0.05, 0.1) is 0 Å². The molecule has 0 atom stereocenters. The van der Waals surface area contributed by atoms with Gasteiger partial charge in [0.15, 0.2) is 0 Å². The van der Waals surface area contributed by atoms with Crippen molar-refractivity contribution >= 4 is 12.0 Å². The zero-order valence-electron chi connectivity index (χ0n) is 13.8. The second-order valence-corrected chi connectivity index (χ2v) is 6.55. The number of rotatable bonds is 4. The fourth-order valence-corrected chi connectivity index (χ4v) is 2.12. The lowest BCUT2D eigenvalue weighted by Gasteiger charge is -2.18. The molecule has 0 saturated heterocycles. The van der Waals surface area contributed by atoms with Crippen molar-refractivity contribution in [3.05, 3.63) is 77.1 Å². The van der Waals surface area contributed by atoms with E-state index in [0.717, 1.165) is 11.1 Å². The van der Waals surface area contributed by atoms with Gasteiger partial charge in [-0.15, -0.1) is 0 Å². The molecule has 0 aliphatic heterocycles. The van der Waals surface area contributed by atoms with Gasteiger partial charge in [-0.1, -0.05) is 57.2 Å². The number of benzene rings is 2. The Labute approximate surface area is 137 Å². The smallest absolute Gasteiger partial charge is 0.244 e. The highest BCUT2D eigenvalue weighted by atomic mass is 19.1. The van der Waals surface area contributed by atoms with Gasteiger partial charge in [-0.25, -0.2) is 4.39 Å². The van der Waals surface area contributed by atoms with Crippen molar-refractivity contribution < 1.29 is 9.18 Å². The summed E-state index contributed by atoms with van der Waals surface area (Å²) in [5, 5.41) is 2.78. The minimum atomic E-state index is -0.279. The normalized spacial score (nSPS) is 11.7. The number of amides is 1. The van der Waals surface area contributed by atoms with E-state index in [9.17, 15) is 9.18 Å². The highest BCUT2D eigenvalue weighted by Gasteiger charge is 2.12. The van der Waals surface area contributed by atoms with Crippen molar-refractivity contribution in [1.29, 1.82) is 0 Å². The molecule has 0 heterocycles. The van der Waals surface area contributed by atoms with Crippen LogP contribution in [0.5, 0.6) is 0 Å². The molecule has 1 amide bonds. The average Bonchev–Trinajstić information content (AvgIpc) is 2.52. The summed E-state index contributed by atoms with van der Waals surface area (Å²) in [7, 11) is 0. The first kappa shape index (κ1) is 16.9. The van der Waals surface area contributed by atoms with E-state index in [0.29, 0.717) is 6.54 Å². The first-order chi connectivity index (χ1) is 10.8. The molecular weight excluding hydrogens is 289 g/mol. The summed E-state index contributed by atoms with van der Waals surface area (Å²) in [5.74, 6) is -0.451. The van der Waals surface area contributed by atoms with Crippen LogP contribution in [-0.2, 0) is 16.8 Å². The fraction of sp³-hybridized carbons (Fsp3) is 0.250. The average molecular weight is 311 g/mol. The molecule has 0 aliphatic carbocycles. The first-order valence-corrected chi connectivity index (χ1v) is 7.65. The van der Waals surface area contributed by atoms with Crippen LogP contribution in [-0.4, -0.2) is 5.91 Å². The van der Waals surface area contributed by atoms with Crippen molar-refractivity contribution in [3.63, 3.8) is 0 Å². The number of carbonyl (C=O) groups excluding carboxylic acids is 1. The van der Waals surface area contributed by atoms with Crippen LogP contribution in [0.2, 0.25) is 0 Å². The number of hydrogen-bond acceptors (Lipinski definition) is 1. The Bertz CT molecular complexity index is 679. The maximum absolute atomic E-state index is 12.8. The Morgan fingerprint density at radius 1 is 1.04 bits per heavy atom. The van der Waals surface area contributed by atoms with Crippen LogP contribution in [0, 0.1) is 5.82 Å². The van der Waals surface area contributed by atoms with Gasteiger partial charge in [0.25, 0.3) is 0 Å². The molecule has 0 aliphatic rings. The maximum atomic E-state index is 12.8. The minimum absolute atomic E-state index is 0.120. The van der Waals surface area contributed by atoms with Crippen LogP contribution in [0.1, 0.15) is 37.5 Å². The van der Waals surface area contributed by atoms with Crippen LogP contribution in [0.15, 0.2) is 54.6 Å². The molecule has 0 unspecified atom stereocenters. The van der Waals surface area contributed by atoms with E-state index < -0.39 is 0 Å². The van der Waals surface area contributed by atoms with Crippen molar-refractivity contribution in [2.45, 2.75) is 32.7 Å². The molecule has 23 heavy (non-hydrogen) atoms. The molecule has 2 aromatic rings. The SMILES string of the molecule is CC(C)(C)c1ccc(C=CC(=O)NCc2ccc(F)cc2)cc1. The number of carbonyl (C=O) groups is 1. The van der Waals surface area contributed by atoms with Crippen molar-refractivity contribution in [1.82, 2.24) is 5.32 Å². The van der Waals surface area contributed by atoms with Gasteiger partial charge in [-0.3, -0.25) is 4.79 Å². The van der Waals surface area contributed by atoms with E-state index in [1.54, 1.807) is 18.2 Å². The second kappa shape index (κ2) is 7.23. The van der Waals surface area contributed by atoms with Gasteiger partial charge in [-0.05, 0) is 40.3 Å². The van der Waals surface area contributed by atoms with E-state index in [2.05, 4.69) is 38.2 Å². The Morgan fingerprint density at radius 2 is 1.65 bits per heavy atom. The number of halogens is 1. The summed E-state index contributed by atoms with van der Waals surface area (Å²) in [6, 6.07) is 14.2. The van der Waals surface area contributed by atoms with Crippen LogP contribution in [0.25, 0.3) is 6.08 Å². The third-order valence-electron chi connectivity index (χ3n) is 3.58. The second-order valence-electron chi connectivity index (χ2n) is 6.55. The molecular formula is C20H22FNO.